The third kappa shape index (κ3) is 4.11. The van der Waals surface area contributed by atoms with Crippen LogP contribution in [-0.4, -0.2) is 107 Å². The molecule has 5 heterocycles. The Bertz CT molecular complexity index is 1380. The molecule has 35 heavy (non-hydrogen) atoms. The summed E-state index contributed by atoms with van der Waals surface area (Å²) < 4.78 is 0. The lowest BCUT2D eigenvalue weighted by atomic mass is 10.0. The number of piperazine rings is 2. The third-order valence-electron chi connectivity index (χ3n) is 7.30. The number of carbonyl (C=O) groups excluding carboxylic acids is 1. The molecule has 2 aliphatic heterocycles. The molecule has 1 amide bonds. The number of pyridine rings is 1. The van der Waals surface area contributed by atoms with Gasteiger partial charge in [-0.25, -0.2) is 15.0 Å². The number of aromatic amines is 1. The topological polar surface area (TPSA) is 84.5 Å². The van der Waals surface area contributed by atoms with Crippen molar-refractivity contribution in [2.24, 2.45) is 0 Å². The van der Waals surface area contributed by atoms with Gasteiger partial charge < -0.3 is 24.6 Å². The van der Waals surface area contributed by atoms with Crippen molar-refractivity contribution in [2.75, 3.05) is 71.4 Å². The standard InChI is InChI=1S/C26H30N8O/c1-31-5-9-33(10-6-31)25-21-13-18(3-4-23(21)29-17-30-25)22-16-28-24-20(22)14-19(15-27-24)26(35)34-11-7-32(2)8-12-34/h3-4,13-17H,5-12H2,1-2H3,(H,27,28). The number of carbonyl (C=O) groups is 1. The molecule has 1 aromatic carbocycles. The Balaban J connectivity index is 1.37. The zero-order valence-electron chi connectivity index (χ0n) is 20.2. The van der Waals surface area contributed by atoms with Crippen molar-refractivity contribution in [3.8, 4) is 11.1 Å². The molecule has 1 N–H and O–H groups in total. The van der Waals surface area contributed by atoms with Crippen LogP contribution in [0.3, 0.4) is 0 Å². The van der Waals surface area contributed by atoms with E-state index in [1.807, 2.05) is 17.2 Å². The average molecular weight is 471 g/mol. The number of aromatic nitrogens is 4. The van der Waals surface area contributed by atoms with Gasteiger partial charge in [0.1, 0.15) is 17.8 Å². The Morgan fingerprint density at radius 2 is 1.60 bits per heavy atom. The van der Waals surface area contributed by atoms with Gasteiger partial charge in [0.05, 0.1) is 11.1 Å². The number of nitrogens with zero attached hydrogens (tertiary/aromatic N) is 7. The lowest BCUT2D eigenvalue weighted by molar-refractivity contribution is 0.0664. The average Bonchev–Trinajstić information content (AvgIpc) is 3.32. The summed E-state index contributed by atoms with van der Waals surface area (Å²) in [5, 5.41) is 1.99. The van der Waals surface area contributed by atoms with Crippen molar-refractivity contribution >= 4 is 33.7 Å². The van der Waals surface area contributed by atoms with Gasteiger partial charge in [-0.1, -0.05) is 6.07 Å². The molecule has 4 aromatic rings. The fraction of sp³-hybridized carbons (Fsp3) is 0.385. The van der Waals surface area contributed by atoms with Crippen LogP contribution in [0.4, 0.5) is 5.82 Å². The lowest BCUT2D eigenvalue weighted by Crippen LogP contribution is -2.47. The summed E-state index contributed by atoms with van der Waals surface area (Å²) in [5.74, 6) is 1.03. The largest absolute Gasteiger partial charge is 0.353 e. The first-order chi connectivity index (χ1) is 17.1. The molecular formula is C26H30N8O. The zero-order valence-corrected chi connectivity index (χ0v) is 20.2. The van der Waals surface area contributed by atoms with Gasteiger partial charge in [-0.15, -0.1) is 0 Å². The van der Waals surface area contributed by atoms with E-state index < -0.39 is 0 Å². The van der Waals surface area contributed by atoms with E-state index in [2.05, 4.69) is 66.9 Å². The van der Waals surface area contributed by atoms with Crippen LogP contribution in [0.2, 0.25) is 0 Å². The Labute approximate surface area is 204 Å². The molecule has 3 aromatic heterocycles. The normalized spacial score (nSPS) is 18.0. The Kier molecular flexibility index (Phi) is 5.58. The van der Waals surface area contributed by atoms with Crippen LogP contribution in [0.5, 0.6) is 0 Å². The molecule has 0 spiro atoms. The highest BCUT2D eigenvalue weighted by Gasteiger charge is 2.22. The van der Waals surface area contributed by atoms with Crippen molar-refractivity contribution in [1.82, 2.24) is 34.6 Å². The molecule has 0 radical (unpaired) electrons. The monoisotopic (exact) mass is 470 g/mol. The molecule has 2 saturated heterocycles. The first-order valence-electron chi connectivity index (χ1n) is 12.2. The van der Waals surface area contributed by atoms with Gasteiger partial charge >= 0.3 is 0 Å². The first kappa shape index (κ1) is 21.9. The molecule has 9 heteroatoms. The van der Waals surface area contributed by atoms with Gasteiger partial charge in [-0.3, -0.25) is 4.79 Å². The summed E-state index contributed by atoms with van der Waals surface area (Å²) in [4.78, 5) is 39.0. The smallest absolute Gasteiger partial charge is 0.255 e. The number of hydrogen-bond acceptors (Lipinski definition) is 7. The number of rotatable bonds is 3. The first-order valence-corrected chi connectivity index (χ1v) is 12.2. The number of H-pyrrole nitrogens is 1. The zero-order chi connectivity index (χ0) is 23.9. The Morgan fingerprint density at radius 1 is 0.857 bits per heavy atom. The van der Waals surface area contributed by atoms with Crippen LogP contribution >= 0.6 is 0 Å². The van der Waals surface area contributed by atoms with E-state index in [1.54, 1.807) is 12.5 Å². The highest BCUT2D eigenvalue weighted by molar-refractivity contribution is 6.02. The van der Waals surface area contributed by atoms with E-state index in [-0.39, 0.29) is 5.91 Å². The van der Waals surface area contributed by atoms with E-state index in [9.17, 15) is 4.79 Å². The summed E-state index contributed by atoms with van der Waals surface area (Å²) in [6, 6.07) is 8.28. The molecule has 180 valence electrons. The van der Waals surface area contributed by atoms with E-state index in [1.165, 1.54) is 0 Å². The number of benzene rings is 1. The second-order valence-corrected chi connectivity index (χ2v) is 9.64. The van der Waals surface area contributed by atoms with Gasteiger partial charge in [0, 0.05) is 81.1 Å². The van der Waals surface area contributed by atoms with E-state index in [4.69, 9.17) is 0 Å². The molecular weight excluding hydrogens is 440 g/mol. The molecule has 0 aliphatic carbocycles. The van der Waals surface area contributed by atoms with Crippen molar-refractivity contribution in [3.63, 3.8) is 0 Å². The van der Waals surface area contributed by atoms with Gasteiger partial charge in [0.25, 0.3) is 5.91 Å². The highest BCUT2D eigenvalue weighted by atomic mass is 16.2. The second kappa shape index (κ2) is 8.90. The number of anilines is 1. The van der Waals surface area contributed by atoms with E-state index in [0.717, 1.165) is 91.2 Å². The van der Waals surface area contributed by atoms with Crippen LogP contribution < -0.4 is 4.90 Å². The van der Waals surface area contributed by atoms with Gasteiger partial charge in [0.2, 0.25) is 0 Å². The highest BCUT2D eigenvalue weighted by Crippen LogP contribution is 2.33. The minimum Gasteiger partial charge on any atom is -0.353 e. The van der Waals surface area contributed by atoms with Crippen molar-refractivity contribution in [3.05, 3.63) is 48.5 Å². The van der Waals surface area contributed by atoms with Gasteiger partial charge in [-0.05, 0) is 37.9 Å². The summed E-state index contributed by atoms with van der Waals surface area (Å²) in [5.41, 5.74) is 4.42. The SMILES string of the molecule is CN1CCN(C(=O)c2cnc3[nH]cc(-c4ccc5ncnc(N6CCN(C)CC6)c5c4)c3c2)CC1. The minimum absolute atomic E-state index is 0.0453. The lowest BCUT2D eigenvalue weighted by Gasteiger charge is -2.33. The van der Waals surface area contributed by atoms with E-state index >= 15 is 0 Å². The number of nitrogens with one attached hydrogen (secondary N) is 1. The van der Waals surface area contributed by atoms with Crippen LogP contribution in [-0.2, 0) is 0 Å². The van der Waals surface area contributed by atoms with Crippen molar-refractivity contribution in [1.29, 1.82) is 0 Å². The molecule has 0 saturated carbocycles. The van der Waals surface area contributed by atoms with Crippen molar-refractivity contribution in [2.45, 2.75) is 0 Å². The summed E-state index contributed by atoms with van der Waals surface area (Å²) in [7, 11) is 4.24. The third-order valence-corrected chi connectivity index (χ3v) is 7.30. The van der Waals surface area contributed by atoms with Gasteiger partial charge in [-0.2, -0.15) is 0 Å². The molecule has 0 bridgehead atoms. The number of fused-ring (bicyclic) bond motifs is 2. The molecule has 9 nitrogen and oxygen atoms in total. The number of likely N-dealkylation sites (N-methyl/N-ethyl adjacent to an activating group) is 2. The van der Waals surface area contributed by atoms with Crippen LogP contribution in [0, 0.1) is 0 Å². The molecule has 2 fully saturated rings. The Morgan fingerprint density at radius 3 is 2.37 bits per heavy atom. The van der Waals surface area contributed by atoms with Crippen LogP contribution in [0.25, 0.3) is 33.1 Å². The van der Waals surface area contributed by atoms with Crippen molar-refractivity contribution < 1.29 is 4.79 Å². The number of amides is 1. The molecule has 0 atom stereocenters. The van der Waals surface area contributed by atoms with Gasteiger partial charge in [0.15, 0.2) is 0 Å². The maximum Gasteiger partial charge on any atom is 0.255 e. The van der Waals surface area contributed by atoms with Crippen LogP contribution in [0.15, 0.2) is 43.0 Å². The maximum atomic E-state index is 13.2. The fourth-order valence-electron chi connectivity index (χ4n) is 5.03. The summed E-state index contributed by atoms with van der Waals surface area (Å²) >= 11 is 0. The summed E-state index contributed by atoms with van der Waals surface area (Å²) in [6.07, 6.45) is 5.31. The minimum atomic E-state index is 0.0453. The second-order valence-electron chi connectivity index (χ2n) is 9.64. The predicted molar refractivity (Wildman–Crippen MR) is 138 cm³/mol. The van der Waals surface area contributed by atoms with Crippen LogP contribution in [0.1, 0.15) is 10.4 Å². The number of hydrogen-bond donors (Lipinski definition) is 1. The predicted octanol–water partition coefficient (Wildman–Crippen LogP) is 2.31. The molecule has 0 unspecified atom stereocenters. The maximum absolute atomic E-state index is 13.2. The fourth-order valence-corrected chi connectivity index (χ4v) is 5.03. The molecule has 2 aliphatic rings. The van der Waals surface area contributed by atoms with E-state index in [0.29, 0.717) is 5.56 Å². The molecule has 6 rings (SSSR count). The summed E-state index contributed by atoms with van der Waals surface area (Å²) in [6.45, 7) is 7.20. The quantitative estimate of drug-likeness (QED) is 0.492. The Hall–Kier alpha value is -3.56.